The Bertz CT molecular complexity index is 877. The average Bonchev–Trinajstić information content (AvgIpc) is 2.60. The van der Waals surface area contributed by atoms with Gasteiger partial charge in [0.2, 0.25) is 0 Å². The van der Waals surface area contributed by atoms with Crippen molar-refractivity contribution in [2.45, 2.75) is 59.0 Å². The first-order valence-electron chi connectivity index (χ1n) is 9.51. The number of esters is 2. The first-order chi connectivity index (χ1) is 13.3. The summed E-state index contributed by atoms with van der Waals surface area (Å²) in [6.45, 7) is 6.76. The van der Waals surface area contributed by atoms with Crippen LogP contribution in [0.4, 0.5) is 0 Å². The van der Waals surface area contributed by atoms with Crippen LogP contribution in [-0.2, 0) is 19.1 Å². The number of benzene rings is 1. The zero-order chi connectivity index (χ0) is 20.4. The van der Waals surface area contributed by atoms with E-state index in [0.29, 0.717) is 29.0 Å². The molecule has 1 aromatic carbocycles. The van der Waals surface area contributed by atoms with Crippen molar-refractivity contribution in [3.8, 4) is 5.75 Å². The van der Waals surface area contributed by atoms with Gasteiger partial charge in [-0.1, -0.05) is 12.1 Å². The van der Waals surface area contributed by atoms with Gasteiger partial charge in [-0.05, 0) is 51.3 Å². The molecule has 1 aromatic rings. The summed E-state index contributed by atoms with van der Waals surface area (Å²) in [6, 6.07) is 6.92. The minimum absolute atomic E-state index is 0.0464. The maximum atomic E-state index is 12.9. The number of nitrogens with one attached hydrogen (secondary N) is 1. The quantitative estimate of drug-likeness (QED) is 0.633. The molecule has 0 unspecified atom stereocenters. The van der Waals surface area contributed by atoms with Crippen molar-refractivity contribution < 1.29 is 23.9 Å². The van der Waals surface area contributed by atoms with E-state index in [1.54, 1.807) is 38.1 Å². The lowest BCUT2D eigenvalue weighted by atomic mass is 9.75. The Labute approximate surface area is 164 Å². The number of rotatable bonds is 4. The predicted molar refractivity (Wildman–Crippen MR) is 103 cm³/mol. The Kier molecular flexibility index (Phi) is 5.68. The summed E-state index contributed by atoms with van der Waals surface area (Å²) in [4.78, 5) is 36.8. The van der Waals surface area contributed by atoms with Gasteiger partial charge < -0.3 is 14.8 Å². The third kappa shape index (κ3) is 4.01. The second-order valence-electron chi connectivity index (χ2n) is 7.38. The van der Waals surface area contributed by atoms with Crippen LogP contribution in [0.2, 0.25) is 0 Å². The van der Waals surface area contributed by atoms with Crippen LogP contribution in [0.25, 0.3) is 0 Å². The molecular formula is C22H25NO5. The maximum absolute atomic E-state index is 12.9. The van der Waals surface area contributed by atoms with Crippen LogP contribution in [-0.4, -0.2) is 23.8 Å². The van der Waals surface area contributed by atoms with Gasteiger partial charge in [0.05, 0.1) is 11.7 Å². The SMILES string of the molecule is CC(=O)Oc1ccc([C@@H]2C(C(=O)OC(C)C)=C(C)NC3=C2C(=O)CCC3)cc1. The van der Waals surface area contributed by atoms with Gasteiger partial charge >= 0.3 is 11.9 Å². The lowest BCUT2D eigenvalue weighted by Gasteiger charge is -2.34. The van der Waals surface area contributed by atoms with Crippen molar-refractivity contribution in [3.05, 3.63) is 52.4 Å². The van der Waals surface area contributed by atoms with E-state index in [-0.39, 0.29) is 11.9 Å². The van der Waals surface area contributed by atoms with Crippen molar-refractivity contribution in [3.63, 3.8) is 0 Å². The lowest BCUT2D eigenvalue weighted by molar-refractivity contribution is -0.143. The zero-order valence-electron chi connectivity index (χ0n) is 16.6. The molecule has 0 aromatic heterocycles. The van der Waals surface area contributed by atoms with Gasteiger partial charge in [-0.3, -0.25) is 9.59 Å². The molecule has 148 valence electrons. The minimum atomic E-state index is -0.498. The monoisotopic (exact) mass is 383 g/mol. The van der Waals surface area contributed by atoms with Gasteiger partial charge in [-0.25, -0.2) is 4.79 Å². The second-order valence-corrected chi connectivity index (χ2v) is 7.38. The number of Topliss-reactive ketones (excluding diaryl/α,β-unsaturated/α-hetero) is 1. The summed E-state index contributed by atoms with van der Waals surface area (Å²) in [7, 11) is 0. The fraction of sp³-hybridized carbons (Fsp3) is 0.409. The first kappa shape index (κ1) is 19.9. The number of carbonyl (C=O) groups excluding carboxylic acids is 3. The molecule has 0 saturated carbocycles. The van der Waals surface area contributed by atoms with Crippen molar-refractivity contribution in [2.24, 2.45) is 0 Å². The molecule has 0 saturated heterocycles. The van der Waals surface area contributed by atoms with Gasteiger partial charge in [0.25, 0.3) is 0 Å². The predicted octanol–water partition coefficient (Wildman–Crippen LogP) is 3.53. The second kappa shape index (κ2) is 8.00. The van der Waals surface area contributed by atoms with Crippen LogP contribution < -0.4 is 10.1 Å². The zero-order valence-corrected chi connectivity index (χ0v) is 16.6. The Hall–Kier alpha value is -2.89. The highest BCUT2D eigenvalue weighted by Crippen LogP contribution is 2.42. The van der Waals surface area contributed by atoms with Crippen molar-refractivity contribution in [1.29, 1.82) is 0 Å². The Morgan fingerprint density at radius 2 is 1.82 bits per heavy atom. The molecule has 0 fully saturated rings. The molecule has 6 heteroatoms. The largest absolute Gasteiger partial charge is 0.460 e. The Balaban J connectivity index is 2.07. The highest BCUT2D eigenvalue weighted by Gasteiger charge is 2.39. The summed E-state index contributed by atoms with van der Waals surface area (Å²) < 4.78 is 10.6. The fourth-order valence-corrected chi connectivity index (χ4v) is 3.76. The summed E-state index contributed by atoms with van der Waals surface area (Å²) in [5, 5.41) is 3.26. The van der Waals surface area contributed by atoms with Gasteiger partial charge in [-0.15, -0.1) is 0 Å². The number of hydrogen-bond acceptors (Lipinski definition) is 6. The normalized spacial score (nSPS) is 19.3. The highest BCUT2D eigenvalue weighted by molar-refractivity contribution is 6.03. The van der Waals surface area contributed by atoms with Crippen molar-refractivity contribution in [2.75, 3.05) is 0 Å². The molecule has 1 aliphatic carbocycles. The average molecular weight is 383 g/mol. The van der Waals surface area contributed by atoms with Gasteiger partial charge in [-0.2, -0.15) is 0 Å². The summed E-state index contributed by atoms with van der Waals surface area (Å²) in [6.07, 6.45) is 1.76. The van der Waals surface area contributed by atoms with E-state index in [0.717, 1.165) is 24.1 Å². The fourth-order valence-electron chi connectivity index (χ4n) is 3.76. The Morgan fingerprint density at radius 3 is 2.43 bits per heavy atom. The van der Waals surface area contributed by atoms with Crippen LogP contribution in [0.1, 0.15) is 58.4 Å². The summed E-state index contributed by atoms with van der Waals surface area (Å²) in [5.41, 5.74) is 3.45. The Morgan fingerprint density at radius 1 is 1.14 bits per heavy atom. The molecule has 6 nitrogen and oxygen atoms in total. The molecule has 1 heterocycles. The molecule has 0 spiro atoms. The van der Waals surface area contributed by atoms with Crippen molar-refractivity contribution >= 4 is 17.7 Å². The number of ether oxygens (including phenoxy) is 2. The third-order valence-electron chi connectivity index (χ3n) is 4.81. The molecule has 1 aliphatic heterocycles. The van der Waals surface area contributed by atoms with Crippen LogP contribution in [0.3, 0.4) is 0 Å². The number of dihydropyridines is 1. The number of carbonyl (C=O) groups is 3. The van der Waals surface area contributed by atoms with E-state index in [9.17, 15) is 14.4 Å². The lowest BCUT2D eigenvalue weighted by Crippen LogP contribution is -2.34. The van der Waals surface area contributed by atoms with Gasteiger partial charge in [0.1, 0.15) is 5.75 Å². The van der Waals surface area contributed by atoms with E-state index in [1.807, 2.05) is 6.92 Å². The summed E-state index contributed by atoms with van der Waals surface area (Å²) >= 11 is 0. The number of ketones is 1. The molecule has 0 bridgehead atoms. The number of allylic oxidation sites excluding steroid dienone is 3. The third-order valence-corrected chi connectivity index (χ3v) is 4.81. The van der Waals surface area contributed by atoms with Gasteiger partial charge in [0.15, 0.2) is 5.78 Å². The van der Waals surface area contributed by atoms with E-state index in [2.05, 4.69) is 5.32 Å². The molecular weight excluding hydrogens is 358 g/mol. The van der Waals surface area contributed by atoms with Crippen LogP contribution in [0.5, 0.6) is 5.75 Å². The molecule has 28 heavy (non-hydrogen) atoms. The van der Waals surface area contributed by atoms with Crippen LogP contribution >= 0.6 is 0 Å². The number of hydrogen-bond donors (Lipinski definition) is 1. The van der Waals surface area contributed by atoms with Crippen LogP contribution in [0, 0.1) is 0 Å². The van der Waals surface area contributed by atoms with Gasteiger partial charge in [0, 0.05) is 36.2 Å². The molecule has 0 radical (unpaired) electrons. The maximum Gasteiger partial charge on any atom is 0.337 e. The van der Waals surface area contributed by atoms with E-state index < -0.39 is 17.9 Å². The van der Waals surface area contributed by atoms with Crippen molar-refractivity contribution in [1.82, 2.24) is 5.32 Å². The highest BCUT2D eigenvalue weighted by atomic mass is 16.5. The van der Waals surface area contributed by atoms with E-state index in [1.165, 1.54) is 6.92 Å². The standard InChI is InChI=1S/C22H25NO5/c1-12(2)27-22(26)19-13(3)23-17-6-5-7-18(25)21(17)20(19)15-8-10-16(11-9-15)28-14(4)24/h8-12,20,23H,5-7H2,1-4H3/t20-/m1/s1. The summed E-state index contributed by atoms with van der Waals surface area (Å²) in [5.74, 6) is -0.869. The van der Waals surface area contributed by atoms with E-state index >= 15 is 0 Å². The molecule has 2 aliphatic rings. The van der Waals surface area contributed by atoms with E-state index in [4.69, 9.17) is 9.47 Å². The molecule has 1 atom stereocenters. The minimum Gasteiger partial charge on any atom is -0.460 e. The molecule has 0 amide bonds. The molecule has 1 N–H and O–H groups in total. The molecule has 3 rings (SSSR count). The smallest absolute Gasteiger partial charge is 0.337 e. The van der Waals surface area contributed by atoms with Crippen LogP contribution in [0.15, 0.2) is 46.8 Å². The first-order valence-corrected chi connectivity index (χ1v) is 9.51. The topological polar surface area (TPSA) is 81.7 Å².